The quantitative estimate of drug-likeness (QED) is 0.496. The number of fused-ring (bicyclic) bond motifs is 1. The third-order valence-corrected chi connectivity index (χ3v) is 5.10. The molecule has 4 aromatic rings. The monoisotopic (exact) mass is 424 g/mol. The fraction of sp³-hybridized carbons (Fsp3) is 0.150. The highest BCUT2D eigenvalue weighted by Crippen LogP contribution is 2.28. The summed E-state index contributed by atoms with van der Waals surface area (Å²) in [5.41, 5.74) is 3.34. The van der Waals surface area contributed by atoms with Gasteiger partial charge in [0.1, 0.15) is 5.65 Å². The maximum absolute atomic E-state index is 13.1. The molecule has 27 heavy (non-hydrogen) atoms. The van der Waals surface area contributed by atoms with Crippen molar-refractivity contribution >= 4 is 21.6 Å². The first-order valence-corrected chi connectivity index (χ1v) is 9.18. The number of hydrogen-bond donors (Lipinski definition) is 0. The minimum absolute atomic E-state index is 0.364. The summed E-state index contributed by atoms with van der Waals surface area (Å²) in [6.45, 7) is 1.98. The smallest absolute Gasteiger partial charge is 0.305 e. The molecule has 0 N–H and O–H groups in total. The van der Waals surface area contributed by atoms with E-state index in [9.17, 15) is 9.59 Å². The Morgan fingerprint density at radius 2 is 1.78 bits per heavy atom. The van der Waals surface area contributed by atoms with Crippen LogP contribution in [-0.2, 0) is 14.1 Å². The second-order valence-electron chi connectivity index (χ2n) is 6.54. The van der Waals surface area contributed by atoms with E-state index in [-0.39, 0.29) is 11.2 Å². The van der Waals surface area contributed by atoms with Crippen LogP contribution >= 0.6 is 15.9 Å². The molecule has 0 spiro atoms. The SMILES string of the molecule is Cc1cccc(-c2c(-c3cn4cc(Br)ccc4n3)c(=O)n(C)c(=O)n2C)c1. The summed E-state index contributed by atoms with van der Waals surface area (Å²) in [5, 5.41) is 0. The Morgan fingerprint density at radius 1 is 1.00 bits per heavy atom. The summed E-state index contributed by atoms with van der Waals surface area (Å²) in [6, 6.07) is 11.5. The molecule has 0 saturated heterocycles. The second kappa shape index (κ2) is 6.35. The molecule has 3 heterocycles. The van der Waals surface area contributed by atoms with Crippen LogP contribution in [0.4, 0.5) is 0 Å². The molecule has 0 saturated carbocycles. The molecular weight excluding hydrogens is 408 g/mol. The fourth-order valence-corrected chi connectivity index (χ4v) is 3.64. The zero-order valence-electron chi connectivity index (χ0n) is 15.1. The number of nitrogens with zero attached hydrogens (tertiary/aromatic N) is 4. The Morgan fingerprint density at radius 3 is 2.52 bits per heavy atom. The van der Waals surface area contributed by atoms with Crippen LogP contribution in [0.5, 0.6) is 0 Å². The van der Waals surface area contributed by atoms with Crippen LogP contribution in [0.15, 0.2) is 62.9 Å². The Bertz CT molecular complexity index is 1310. The standard InChI is InChI=1S/C20H17BrN4O2/c1-12-5-4-6-13(9-12)18-17(19(26)24(3)20(27)23(18)2)15-11-25-10-14(21)7-8-16(25)22-15/h4-11H,1-3H3. The molecule has 0 unspecified atom stereocenters. The summed E-state index contributed by atoms with van der Waals surface area (Å²) in [5.74, 6) is 0. The summed E-state index contributed by atoms with van der Waals surface area (Å²) >= 11 is 3.44. The van der Waals surface area contributed by atoms with E-state index in [1.165, 1.54) is 11.6 Å². The van der Waals surface area contributed by atoms with Gasteiger partial charge in [0.05, 0.1) is 17.0 Å². The average molecular weight is 425 g/mol. The molecule has 0 amide bonds. The highest BCUT2D eigenvalue weighted by atomic mass is 79.9. The maximum Gasteiger partial charge on any atom is 0.330 e. The van der Waals surface area contributed by atoms with Gasteiger partial charge >= 0.3 is 5.69 Å². The molecule has 0 aliphatic carbocycles. The predicted octanol–water partition coefficient (Wildman–Crippen LogP) is 3.14. The number of hydrogen-bond acceptors (Lipinski definition) is 3. The first-order chi connectivity index (χ1) is 12.9. The predicted molar refractivity (Wildman–Crippen MR) is 109 cm³/mol. The number of imidazole rings is 1. The number of benzene rings is 1. The number of rotatable bonds is 2. The van der Waals surface area contributed by atoms with Crippen LogP contribution in [0.25, 0.3) is 28.2 Å². The van der Waals surface area contributed by atoms with Gasteiger partial charge < -0.3 is 4.40 Å². The molecular formula is C20H17BrN4O2. The lowest BCUT2D eigenvalue weighted by atomic mass is 10.0. The van der Waals surface area contributed by atoms with E-state index in [0.717, 1.165) is 25.8 Å². The van der Waals surface area contributed by atoms with Crippen molar-refractivity contribution in [3.05, 3.63) is 79.7 Å². The van der Waals surface area contributed by atoms with Crippen molar-refractivity contribution in [2.45, 2.75) is 6.92 Å². The van der Waals surface area contributed by atoms with E-state index < -0.39 is 0 Å². The lowest BCUT2D eigenvalue weighted by molar-refractivity contribution is 0.694. The molecule has 6 nitrogen and oxygen atoms in total. The molecule has 0 atom stereocenters. The van der Waals surface area contributed by atoms with Crippen LogP contribution in [0.2, 0.25) is 0 Å². The summed E-state index contributed by atoms with van der Waals surface area (Å²) in [7, 11) is 3.16. The van der Waals surface area contributed by atoms with E-state index in [1.54, 1.807) is 13.2 Å². The fourth-order valence-electron chi connectivity index (χ4n) is 3.29. The Kier molecular flexibility index (Phi) is 4.11. The average Bonchev–Trinajstić information content (AvgIpc) is 3.05. The maximum atomic E-state index is 13.1. The van der Waals surface area contributed by atoms with Gasteiger partial charge in [-0.1, -0.05) is 23.8 Å². The molecule has 0 radical (unpaired) electrons. The normalized spacial score (nSPS) is 11.3. The van der Waals surface area contributed by atoms with Gasteiger partial charge in [0, 0.05) is 31.0 Å². The van der Waals surface area contributed by atoms with Crippen LogP contribution in [-0.4, -0.2) is 18.5 Å². The molecule has 1 aromatic carbocycles. The van der Waals surface area contributed by atoms with Crippen molar-refractivity contribution in [1.82, 2.24) is 18.5 Å². The van der Waals surface area contributed by atoms with E-state index in [4.69, 9.17) is 0 Å². The minimum Gasteiger partial charge on any atom is -0.305 e. The van der Waals surface area contributed by atoms with E-state index in [1.807, 2.05) is 53.9 Å². The largest absolute Gasteiger partial charge is 0.330 e. The van der Waals surface area contributed by atoms with Gasteiger partial charge in [0.15, 0.2) is 0 Å². The second-order valence-corrected chi connectivity index (χ2v) is 7.45. The van der Waals surface area contributed by atoms with Crippen LogP contribution in [0, 0.1) is 6.92 Å². The molecule has 3 aromatic heterocycles. The lowest BCUT2D eigenvalue weighted by Gasteiger charge is -2.14. The van der Waals surface area contributed by atoms with Gasteiger partial charge in [-0.25, -0.2) is 9.78 Å². The Labute approximate surface area is 163 Å². The number of pyridine rings is 1. The zero-order chi connectivity index (χ0) is 19.3. The summed E-state index contributed by atoms with van der Waals surface area (Å²) in [6.07, 6.45) is 3.69. The third-order valence-electron chi connectivity index (χ3n) is 4.63. The topological polar surface area (TPSA) is 61.3 Å². The molecule has 7 heteroatoms. The Balaban J connectivity index is 2.12. The first kappa shape index (κ1) is 17.5. The Hall–Kier alpha value is -2.93. The van der Waals surface area contributed by atoms with Crippen LogP contribution < -0.4 is 11.2 Å². The van der Waals surface area contributed by atoms with Gasteiger partial charge in [0.25, 0.3) is 5.56 Å². The number of aryl methyl sites for hydroxylation is 1. The van der Waals surface area contributed by atoms with Crippen molar-refractivity contribution < 1.29 is 0 Å². The molecule has 136 valence electrons. The highest BCUT2D eigenvalue weighted by molar-refractivity contribution is 9.10. The van der Waals surface area contributed by atoms with Gasteiger partial charge in [-0.15, -0.1) is 0 Å². The van der Waals surface area contributed by atoms with Gasteiger partial charge in [-0.2, -0.15) is 0 Å². The summed E-state index contributed by atoms with van der Waals surface area (Å²) in [4.78, 5) is 30.2. The molecule has 0 fully saturated rings. The van der Waals surface area contributed by atoms with Gasteiger partial charge in [-0.05, 0) is 46.6 Å². The van der Waals surface area contributed by atoms with Crippen molar-refractivity contribution in [2.24, 2.45) is 14.1 Å². The lowest BCUT2D eigenvalue weighted by Crippen LogP contribution is -2.38. The van der Waals surface area contributed by atoms with Crippen molar-refractivity contribution in [3.8, 4) is 22.5 Å². The van der Waals surface area contributed by atoms with Crippen molar-refractivity contribution in [2.75, 3.05) is 0 Å². The minimum atomic E-state index is -0.369. The van der Waals surface area contributed by atoms with Crippen molar-refractivity contribution in [3.63, 3.8) is 0 Å². The van der Waals surface area contributed by atoms with Crippen LogP contribution in [0.1, 0.15) is 5.56 Å². The zero-order valence-corrected chi connectivity index (χ0v) is 16.7. The third kappa shape index (κ3) is 2.84. The first-order valence-electron chi connectivity index (χ1n) is 8.38. The van der Waals surface area contributed by atoms with E-state index >= 15 is 0 Å². The molecule has 0 aliphatic rings. The van der Waals surface area contributed by atoms with Gasteiger partial charge in [-0.3, -0.25) is 13.9 Å². The highest BCUT2D eigenvalue weighted by Gasteiger charge is 2.21. The van der Waals surface area contributed by atoms with E-state index in [0.29, 0.717) is 17.0 Å². The summed E-state index contributed by atoms with van der Waals surface area (Å²) < 4.78 is 5.38. The van der Waals surface area contributed by atoms with E-state index in [2.05, 4.69) is 20.9 Å². The van der Waals surface area contributed by atoms with Crippen molar-refractivity contribution in [1.29, 1.82) is 0 Å². The number of halogens is 1. The number of aromatic nitrogens is 4. The van der Waals surface area contributed by atoms with Crippen LogP contribution in [0.3, 0.4) is 0 Å². The molecule has 0 bridgehead atoms. The van der Waals surface area contributed by atoms with Gasteiger partial charge in [0.2, 0.25) is 0 Å². The molecule has 4 rings (SSSR count). The molecule has 0 aliphatic heterocycles.